The highest BCUT2D eigenvalue weighted by molar-refractivity contribution is 4.85. The molecule has 1 aliphatic rings. The highest BCUT2D eigenvalue weighted by atomic mass is 16.3. The van der Waals surface area contributed by atoms with Gasteiger partial charge in [0.25, 0.3) is 0 Å². The molecule has 12 heavy (non-hydrogen) atoms. The van der Waals surface area contributed by atoms with Crippen LogP contribution in [0.4, 0.5) is 0 Å². The number of nitrogens with zero attached hydrogens (tertiary/aromatic N) is 1. The summed E-state index contributed by atoms with van der Waals surface area (Å²) in [4.78, 5) is 2.44. The van der Waals surface area contributed by atoms with Gasteiger partial charge >= 0.3 is 0 Å². The van der Waals surface area contributed by atoms with Gasteiger partial charge < -0.3 is 10.4 Å². The Kier molecular flexibility index (Phi) is 3.98. The zero-order valence-electron chi connectivity index (χ0n) is 8.08. The lowest BCUT2D eigenvalue weighted by Gasteiger charge is -2.24. The molecule has 72 valence electrons. The van der Waals surface area contributed by atoms with Crippen molar-refractivity contribution in [3.05, 3.63) is 0 Å². The Balaban J connectivity index is 2.24. The molecule has 0 amide bonds. The lowest BCUT2D eigenvalue weighted by Crippen LogP contribution is -2.42. The van der Waals surface area contributed by atoms with Crippen LogP contribution in [0.15, 0.2) is 0 Å². The fraction of sp³-hybridized carbons (Fsp3) is 1.00. The van der Waals surface area contributed by atoms with Crippen molar-refractivity contribution in [3.8, 4) is 0 Å². The van der Waals surface area contributed by atoms with Crippen molar-refractivity contribution >= 4 is 0 Å². The largest absolute Gasteiger partial charge is 0.395 e. The van der Waals surface area contributed by atoms with E-state index in [1.165, 1.54) is 12.8 Å². The van der Waals surface area contributed by atoms with Crippen LogP contribution >= 0.6 is 0 Å². The highest BCUT2D eigenvalue weighted by Crippen LogP contribution is 2.26. The summed E-state index contributed by atoms with van der Waals surface area (Å²) in [7, 11) is 1.90. The summed E-state index contributed by atoms with van der Waals surface area (Å²) in [5.74, 6) is 0. The van der Waals surface area contributed by atoms with Gasteiger partial charge in [0.1, 0.15) is 0 Å². The minimum absolute atomic E-state index is 0.236. The van der Waals surface area contributed by atoms with E-state index in [9.17, 15) is 0 Å². The van der Waals surface area contributed by atoms with Crippen LogP contribution in [0.5, 0.6) is 0 Å². The number of rotatable bonds is 6. The molecule has 0 aromatic rings. The molecule has 1 saturated carbocycles. The van der Waals surface area contributed by atoms with Gasteiger partial charge in [0.05, 0.1) is 6.61 Å². The molecule has 1 rings (SSSR count). The molecule has 2 N–H and O–H groups in total. The lowest BCUT2D eigenvalue weighted by atomic mass is 10.3. The molecule has 0 heterocycles. The molecule has 1 atom stereocenters. The van der Waals surface area contributed by atoms with E-state index in [1.54, 1.807) is 0 Å². The minimum atomic E-state index is 0.236. The average molecular weight is 172 g/mol. The monoisotopic (exact) mass is 172 g/mol. The predicted octanol–water partition coefficient (Wildman–Crippen LogP) is 0.0510. The summed E-state index contributed by atoms with van der Waals surface area (Å²) in [5, 5.41) is 12.1. The molecular weight excluding hydrogens is 152 g/mol. The summed E-state index contributed by atoms with van der Waals surface area (Å²) < 4.78 is 0. The van der Waals surface area contributed by atoms with Crippen LogP contribution in [0.25, 0.3) is 0 Å². The summed E-state index contributed by atoms with van der Waals surface area (Å²) in [5.41, 5.74) is 0. The first kappa shape index (κ1) is 9.96. The van der Waals surface area contributed by atoms with Gasteiger partial charge in [-0.15, -0.1) is 0 Å². The predicted molar refractivity (Wildman–Crippen MR) is 50.2 cm³/mol. The van der Waals surface area contributed by atoms with Crippen LogP contribution in [-0.4, -0.2) is 48.8 Å². The fourth-order valence-electron chi connectivity index (χ4n) is 1.50. The van der Waals surface area contributed by atoms with Gasteiger partial charge in [-0.25, -0.2) is 0 Å². The highest BCUT2D eigenvalue weighted by Gasteiger charge is 2.28. The summed E-state index contributed by atoms with van der Waals surface area (Å²) in [6.07, 6.45) is 2.69. The van der Waals surface area contributed by atoms with Gasteiger partial charge in [-0.1, -0.05) is 6.92 Å². The number of hydrogen-bond acceptors (Lipinski definition) is 3. The molecule has 0 radical (unpaired) electrons. The maximum Gasteiger partial charge on any atom is 0.0597 e. The van der Waals surface area contributed by atoms with Crippen molar-refractivity contribution in [1.82, 2.24) is 10.2 Å². The maximum atomic E-state index is 8.98. The topological polar surface area (TPSA) is 35.5 Å². The van der Waals surface area contributed by atoms with Crippen molar-refractivity contribution in [1.29, 1.82) is 0 Å². The van der Waals surface area contributed by atoms with E-state index in [2.05, 4.69) is 17.1 Å². The first-order chi connectivity index (χ1) is 5.81. The molecule has 1 aliphatic carbocycles. The van der Waals surface area contributed by atoms with Gasteiger partial charge in [-0.3, -0.25) is 4.90 Å². The third-order valence-corrected chi connectivity index (χ3v) is 2.55. The minimum Gasteiger partial charge on any atom is -0.395 e. The standard InChI is InChI=1S/C9H20N2O/c1-3-11(9-4-5-9)6-8(7-12)10-2/h8-10,12H,3-7H2,1-2H3. The Morgan fingerprint density at radius 3 is 2.58 bits per heavy atom. The molecule has 0 aromatic heterocycles. The second-order valence-corrected chi connectivity index (χ2v) is 3.49. The van der Waals surface area contributed by atoms with Crippen LogP contribution < -0.4 is 5.32 Å². The van der Waals surface area contributed by atoms with Crippen molar-refractivity contribution in [2.75, 3.05) is 26.7 Å². The first-order valence-corrected chi connectivity index (χ1v) is 4.84. The van der Waals surface area contributed by atoms with Crippen molar-refractivity contribution in [3.63, 3.8) is 0 Å². The Labute approximate surface area is 74.8 Å². The molecule has 0 saturated heterocycles. The maximum absolute atomic E-state index is 8.98. The van der Waals surface area contributed by atoms with E-state index in [1.807, 2.05) is 7.05 Å². The second-order valence-electron chi connectivity index (χ2n) is 3.49. The zero-order chi connectivity index (χ0) is 8.97. The van der Waals surface area contributed by atoms with Gasteiger partial charge in [0, 0.05) is 18.6 Å². The molecule has 0 bridgehead atoms. The number of nitrogens with one attached hydrogen (secondary N) is 1. The van der Waals surface area contributed by atoms with Gasteiger partial charge in [0.15, 0.2) is 0 Å². The van der Waals surface area contributed by atoms with Gasteiger partial charge in [-0.05, 0) is 26.4 Å². The lowest BCUT2D eigenvalue weighted by molar-refractivity contribution is 0.185. The first-order valence-electron chi connectivity index (χ1n) is 4.84. The van der Waals surface area contributed by atoms with Crippen LogP contribution in [0.3, 0.4) is 0 Å². The average Bonchev–Trinajstić information content (AvgIpc) is 2.90. The molecule has 0 aliphatic heterocycles. The molecule has 0 spiro atoms. The number of hydrogen-bond donors (Lipinski definition) is 2. The molecule has 1 unspecified atom stereocenters. The van der Waals surface area contributed by atoms with Crippen LogP contribution in [0, 0.1) is 0 Å². The fourth-order valence-corrected chi connectivity index (χ4v) is 1.50. The smallest absolute Gasteiger partial charge is 0.0597 e. The Morgan fingerprint density at radius 2 is 2.25 bits per heavy atom. The van der Waals surface area contributed by atoms with Crippen molar-refractivity contribution in [2.24, 2.45) is 0 Å². The van der Waals surface area contributed by atoms with E-state index in [0.717, 1.165) is 19.1 Å². The molecular formula is C9H20N2O. The number of likely N-dealkylation sites (N-methyl/N-ethyl adjacent to an activating group) is 2. The van der Waals surface area contributed by atoms with Gasteiger partial charge in [0.2, 0.25) is 0 Å². The molecule has 0 aromatic carbocycles. The van der Waals surface area contributed by atoms with Crippen molar-refractivity contribution in [2.45, 2.75) is 31.8 Å². The summed E-state index contributed by atoms with van der Waals surface area (Å²) in [6, 6.07) is 1.04. The SMILES string of the molecule is CCN(CC(CO)NC)C1CC1. The van der Waals surface area contributed by atoms with Crippen LogP contribution in [-0.2, 0) is 0 Å². The van der Waals surface area contributed by atoms with Gasteiger partial charge in [-0.2, -0.15) is 0 Å². The second kappa shape index (κ2) is 4.80. The molecule has 3 nitrogen and oxygen atoms in total. The van der Waals surface area contributed by atoms with E-state index in [0.29, 0.717) is 0 Å². The zero-order valence-corrected chi connectivity index (χ0v) is 8.08. The third kappa shape index (κ3) is 2.73. The normalized spacial score (nSPS) is 20.0. The summed E-state index contributed by atoms with van der Waals surface area (Å²) in [6.45, 7) is 4.50. The number of aliphatic hydroxyl groups is 1. The summed E-state index contributed by atoms with van der Waals surface area (Å²) >= 11 is 0. The number of aliphatic hydroxyl groups excluding tert-OH is 1. The third-order valence-electron chi connectivity index (χ3n) is 2.55. The van der Waals surface area contributed by atoms with Crippen LogP contribution in [0.2, 0.25) is 0 Å². The van der Waals surface area contributed by atoms with E-state index in [-0.39, 0.29) is 12.6 Å². The Hall–Kier alpha value is -0.120. The van der Waals surface area contributed by atoms with E-state index in [4.69, 9.17) is 5.11 Å². The van der Waals surface area contributed by atoms with E-state index >= 15 is 0 Å². The molecule has 1 fully saturated rings. The van der Waals surface area contributed by atoms with E-state index < -0.39 is 0 Å². The van der Waals surface area contributed by atoms with Crippen molar-refractivity contribution < 1.29 is 5.11 Å². The quantitative estimate of drug-likeness (QED) is 0.594. The Bertz CT molecular complexity index is 122. The Morgan fingerprint density at radius 1 is 1.58 bits per heavy atom. The molecule has 3 heteroatoms. The van der Waals surface area contributed by atoms with Crippen LogP contribution in [0.1, 0.15) is 19.8 Å².